The molecule has 0 bridgehead atoms. The van der Waals surface area contributed by atoms with E-state index in [1.165, 1.54) is 0 Å². The molecular formula is C30H32ClN3O3. The topological polar surface area (TPSA) is 65.4 Å². The second kappa shape index (κ2) is 12.5. The van der Waals surface area contributed by atoms with E-state index in [9.17, 15) is 4.79 Å². The van der Waals surface area contributed by atoms with E-state index < -0.39 is 0 Å². The summed E-state index contributed by atoms with van der Waals surface area (Å²) in [6.45, 7) is 7.06. The van der Waals surface area contributed by atoms with Crippen LogP contribution in [0, 0.1) is 0 Å². The molecule has 0 fully saturated rings. The number of methoxy groups -OCH3 is 1. The van der Waals surface area contributed by atoms with Crippen LogP contribution >= 0.6 is 11.6 Å². The highest BCUT2D eigenvalue weighted by molar-refractivity contribution is 6.30. The lowest BCUT2D eigenvalue weighted by Crippen LogP contribution is -2.28. The standard InChI is InChI=1S/C30H32ClN3O3/c1-4-10-22-15-16-27(28(19-22)36-3)37-18-8-7-17-34-26-14-6-5-13-25(26)33-29(34)21(2)32-30(35)23-11-9-12-24(31)20-23/h4-6,9,11-16,19-21H,1,7-8,10,17-18H2,2-3H3,(H,32,35). The number of carbonyl (C=O) groups excluding carboxylic acids is 1. The maximum Gasteiger partial charge on any atom is 0.251 e. The summed E-state index contributed by atoms with van der Waals surface area (Å²) in [6, 6.07) is 20.6. The van der Waals surface area contributed by atoms with Crippen molar-refractivity contribution in [2.45, 2.75) is 38.8 Å². The number of halogens is 1. The van der Waals surface area contributed by atoms with Crippen LogP contribution in [-0.2, 0) is 13.0 Å². The van der Waals surface area contributed by atoms with Crippen LogP contribution in [0.5, 0.6) is 11.5 Å². The van der Waals surface area contributed by atoms with Crippen molar-refractivity contribution in [2.24, 2.45) is 0 Å². The summed E-state index contributed by atoms with van der Waals surface area (Å²) < 4.78 is 13.7. The van der Waals surface area contributed by atoms with E-state index in [1.54, 1.807) is 31.4 Å². The lowest BCUT2D eigenvalue weighted by atomic mass is 10.1. The first-order valence-electron chi connectivity index (χ1n) is 12.4. The Labute approximate surface area is 222 Å². The van der Waals surface area contributed by atoms with Crippen molar-refractivity contribution in [3.63, 3.8) is 0 Å². The fourth-order valence-electron chi connectivity index (χ4n) is 4.31. The van der Waals surface area contributed by atoms with Crippen molar-refractivity contribution in [2.75, 3.05) is 13.7 Å². The minimum atomic E-state index is -0.284. The lowest BCUT2D eigenvalue weighted by Gasteiger charge is -2.17. The monoisotopic (exact) mass is 517 g/mol. The maximum atomic E-state index is 12.8. The van der Waals surface area contributed by atoms with Gasteiger partial charge in [0.2, 0.25) is 0 Å². The minimum absolute atomic E-state index is 0.185. The molecule has 1 atom stereocenters. The first kappa shape index (κ1) is 26.3. The van der Waals surface area contributed by atoms with Gasteiger partial charge in [-0.25, -0.2) is 4.98 Å². The summed E-state index contributed by atoms with van der Waals surface area (Å²) in [5, 5.41) is 3.59. The molecule has 1 amide bonds. The Morgan fingerprint density at radius 3 is 2.73 bits per heavy atom. The van der Waals surface area contributed by atoms with Gasteiger partial charge >= 0.3 is 0 Å². The van der Waals surface area contributed by atoms with Gasteiger partial charge in [0, 0.05) is 17.1 Å². The molecule has 0 saturated carbocycles. The Morgan fingerprint density at radius 1 is 1.11 bits per heavy atom. The molecule has 1 unspecified atom stereocenters. The fraction of sp³-hybridized carbons (Fsp3) is 0.267. The molecule has 7 heteroatoms. The number of aryl methyl sites for hydroxylation is 1. The number of hydrogen-bond acceptors (Lipinski definition) is 4. The summed E-state index contributed by atoms with van der Waals surface area (Å²) in [7, 11) is 1.65. The largest absolute Gasteiger partial charge is 0.493 e. The van der Waals surface area contributed by atoms with Crippen molar-refractivity contribution in [3.05, 3.63) is 101 Å². The molecule has 1 aromatic heterocycles. The normalized spacial score (nSPS) is 11.8. The number of fused-ring (bicyclic) bond motifs is 1. The van der Waals surface area contributed by atoms with Gasteiger partial charge in [0.15, 0.2) is 11.5 Å². The van der Waals surface area contributed by atoms with E-state index in [0.29, 0.717) is 17.2 Å². The molecule has 4 aromatic rings. The number of rotatable bonds is 12. The average molecular weight is 518 g/mol. The molecule has 192 valence electrons. The van der Waals surface area contributed by atoms with Gasteiger partial charge in [0.05, 0.1) is 30.8 Å². The van der Waals surface area contributed by atoms with Gasteiger partial charge in [-0.15, -0.1) is 6.58 Å². The fourth-order valence-corrected chi connectivity index (χ4v) is 4.50. The zero-order chi connectivity index (χ0) is 26.2. The van der Waals surface area contributed by atoms with Crippen LogP contribution in [0.15, 0.2) is 79.4 Å². The third kappa shape index (κ3) is 6.52. The zero-order valence-corrected chi connectivity index (χ0v) is 22.0. The first-order valence-corrected chi connectivity index (χ1v) is 12.8. The summed E-state index contributed by atoms with van der Waals surface area (Å²) in [5.41, 5.74) is 3.60. The van der Waals surface area contributed by atoms with Gasteiger partial charge in [0.1, 0.15) is 5.82 Å². The third-order valence-electron chi connectivity index (χ3n) is 6.15. The summed E-state index contributed by atoms with van der Waals surface area (Å²) in [6.07, 6.45) is 4.40. The first-order chi connectivity index (χ1) is 18.0. The van der Waals surface area contributed by atoms with Gasteiger partial charge in [-0.2, -0.15) is 0 Å². The number of para-hydroxylation sites is 2. The molecule has 1 heterocycles. The molecule has 4 rings (SSSR count). The van der Waals surface area contributed by atoms with Gasteiger partial charge in [0.25, 0.3) is 5.91 Å². The number of carbonyl (C=O) groups is 1. The Hall–Kier alpha value is -3.77. The van der Waals surface area contributed by atoms with Gasteiger partial charge in [-0.1, -0.05) is 41.9 Å². The van der Waals surface area contributed by atoms with Gasteiger partial charge in [-0.3, -0.25) is 4.79 Å². The molecule has 37 heavy (non-hydrogen) atoms. The Morgan fingerprint density at radius 2 is 1.95 bits per heavy atom. The number of nitrogens with one attached hydrogen (secondary N) is 1. The van der Waals surface area contributed by atoms with Crippen molar-refractivity contribution >= 4 is 28.5 Å². The van der Waals surface area contributed by atoms with E-state index in [1.807, 2.05) is 49.4 Å². The average Bonchev–Trinajstić information content (AvgIpc) is 3.28. The lowest BCUT2D eigenvalue weighted by molar-refractivity contribution is 0.0937. The Bertz CT molecular complexity index is 1380. The Kier molecular flexibility index (Phi) is 8.86. The second-order valence-electron chi connectivity index (χ2n) is 8.85. The van der Waals surface area contributed by atoms with Crippen LogP contribution in [0.1, 0.15) is 47.6 Å². The zero-order valence-electron chi connectivity index (χ0n) is 21.2. The summed E-state index contributed by atoms with van der Waals surface area (Å²) >= 11 is 6.06. The molecule has 6 nitrogen and oxygen atoms in total. The van der Waals surface area contributed by atoms with Crippen LogP contribution in [0.3, 0.4) is 0 Å². The number of benzene rings is 3. The molecule has 0 aliphatic rings. The van der Waals surface area contributed by atoms with Gasteiger partial charge in [-0.05, 0) is 74.2 Å². The molecule has 1 N–H and O–H groups in total. The van der Waals surface area contributed by atoms with Crippen LogP contribution in [-0.4, -0.2) is 29.2 Å². The van der Waals surface area contributed by atoms with Crippen LogP contribution < -0.4 is 14.8 Å². The van der Waals surface area contributed by atoms with Crippen LogP contribution in [0.25, 0.3) is 11.0 Å². The molecular weight excluding hydrogens is 486 g/mol. The van der Waals surface area contributed by atoms with Crippen LogP contribution in [0.4, 0.5) is 0 Å². The smallest absolute Gasteiger partial charge is 0.251 e. The Balaban J connectivity index is 1.40. The van der Waals surface area contributed by atoms with Gasteiger partial charge < -0.3 is 19.4 Å². The predicted octanol–water partition coefficient (Wildman–Crippen LogP) is 6.78. The minimum Gasteiger partial charge on any atom is -0.493 e. The molecule has 0 spiro atoms. The maximum absolute atomic E-state index is 12.8. The van der Waals surface area contributed by atoms with Crippen LogP contribution in [0.2, 0.25) is 5.02 Å². The quantitative estimate of drug-likeness (QED) is 0.166. The van der Waals surface area contributed by atoms with E-state index in [0.717, 1.165) is 59.7 Å². The van der Waals surface area contributed by atoms with E-state index in [-0.39, 0.29) is 11.9 Å². The van der Waals surface area contributed by atoms with E-state index in [4.69, 9.17) is 26.1 Å². The molecule has 0 aliphatic carbocycles. The number of unbranched alkanes of at least 4 members (excludes halogenated alkanes) is 1. The summed E-state index contributed by atoms with van der Waals surface area (Å²) in [4.78, 5) is 17.6. The second-order valence-corrected chi connectivity index (χ2v) is 9.29. The number of imidazole rings is 1. The number of aromatic nitrogens is 2. The number of amides is 1. The number of hydrogen-bond donors (Lipinski definition) is 1. The SMILES string of the molecule is C=CCc1ccc(OCCCCn2c(C(C)NC(=O)c3cccc(Cl)c3)nc3ccccc32)c(OC)c1. The third-order valence-corrected chi connectivity index (χ3v) is 6.38. The number of nitrogens with zero attached hydrogens (tertiary/aromatic N) is 2. The molecule has 0 radical (unpaired) electrons. The predicted molar refractivity (Wildman–Crippen MR) is 149 cm³/mol. The molecule has 0 aliphatic heterocycles. The number of ether oxygens (including phenoxy) is 2. The highest BCUT2D eigenvalue weighted by Crippen LogP contribution is 2.29. The number of allylic oxidation sites excluding steroid dienone is 1. The molecule has 0 saturated heterocycles. The highest BCUT2D eigenvalue weighted by Gasteiger charge is 2.19. The van der Waals surface area contributed by atoms with Crippen molar-refractivity contribution in [1.82, 2.24) is 14.9 Å². The highest BCUT2D eigenvalue weighted by atomic mass is 35.5. The van der Waals surface area contributed by atoms with Crippen molar-refractivity contribution < 1.29 is 14.3 Å². The van der Waals surface area contributed by atoms with Crippen molar-refractivity contribution in [1.29, 1.82) is 0 Å². The molecule has 3 aromatic carbocycles. The van der Waals surface area contributed by atoms with Crippen molar-refractivity contribution in [3.8, 4) is 11.5 Å². The summed E-state index contributed by atoms with van der Waals surface area (Å²) in [5.74, 6) is 2.10. The van der Waals surface area contributed by atoms with E-state index in [2.05, 4.69) is 22.5 Å². The van der Waals surface area contributed by atoms with E-state index >= 15 is 0 Å².